The lowest BCUT2D eigenvalue weighted by atomic mass is 10.1. The fraction of sp³-hybridized carbons (Fsp3) is 0.0833. The molecule has 2 rings (SSSR count). The first-order valence-electron chi connectivity index (χ1n) is 5.13. The highest BCUT2D eigenvalue weighted by molar-refractivity contribution is 6.04. The number of hydrogen-bond donors (Lipinski definition) is 2. The maximum absolute atomic E-state index is 13.1. The van der Waals surface area contributed by atoms with Gasteiger partial charge >= 0.3 is 0 Å². The second-order valence-corrected chi connectivity index (χ2v) is 3.69. The first-order chi connectivity index (χ1) is 8.61. The smallest absolute Gasteiger partial charge is 0.256 e. The van der Waals surface area contributed by atoms with Gasteiger partial charge in [-0.2, -0.15) is 10.4 Å². The van der Waals surface area contributed by atoms with Crippen LogP contribution in [0.1, 0.15) is 21.5 Å². The number of hydrogen-bond acceptors (Lipinski definition) is 3. The summed E-state index contributed by atoms with van der Waals surface area (Å²) >= 11 is 0. The molecule has 0 aliphatic heterocycles. The summed E-state index contributed by atoms with van der Waals surface area (Å²) in [5.74, 6) is -0.575. The molecule has 0 saturated carbocycles. The lowest BCUT2D eigenvalue weighted by Crippen LogP contribution is -2.13. The molecular weight excluding hydrogens is 235 g/mol. The Hall–Kier alpha value is -2.68. The summed E-state index contributed by atoms with van der Waals surface area (Å²) in [5, 5.41) is 17.4. The molecule has 2 aromatic rings. The summed E-state index contributed by atoms with van der Waals surface area (Å²) < 4.78 is 13.1. The van der Waals surface area contributed by atoms with Gasteiger partial charge in [-0.25, -0.2) is 4.39 Å². The van der Waals surface area contributed by atoms with Crippen molar-refractivity contribution < 1.29 is 9.18 Å². The van der Waals surface area contributed by atoms with Gasteiger partial charge in [-0.15, -0.1) is 0 Å². The number of aryl methyl sites for hydroxylation is 1. The Kier molecular flexibility index (Phi) is 3.06. The van der Waals surface area contributed by atoms with E-state index in [4.69, 9.17) is 5.26 Å². The molecule has 0 unspecified atom stereocenters. The van der Waals surface area contributed by atoms with Crippen molar-refractivity contribution in [3.8, 4) is 6.07 Å². The molecule has 0 atom stereocenters. The normalized spacial score (nSPS) is 9.83. The van der Waals surface area contributed by atoms with E-state index in [-0.39, 0.29) is 17.2 Å². The molecule has 0 saturated heterocycles. The second-order valence-electron chi connectivity index (χ2n) is 3.69. The highest BCUT2D eigenvalue weighted by Crippen LogP contribution is 2.13. The van der Waals surface area contributed by atoms with Crippen LogP contribution in [0.4, 0.5) is 10.2 Å². The van der Waals surface area contributed by atoms with Gasteiger partial charge in [-0.05, 0) is 30.7 Å². The number of amides is 1. The standard InChI is InChI=1S/C12H9FN4O/c1-7-4-8(2-3-10(7)13)12(18)16-11-9(5-14)6-15-17-11/h2-4,6H,1H3,(H2,15,16,17,18). The van der Waals surface area contributed by atoms with E-state index in [9.17, 15) is 9.18 Å². The van der Waals surface area contributed by atoms with E-state index in [2.05, 4.69) is 15.5 Å². The van der Waals surface area contributed by atoms with Crippen LogP contribution in [0.2, 0.25) is 0 Å². The molecule has 1 aromatic carbocycles. The molecule has 1 amide bonds. The zero-order valence-corrected chi connectivity index (χ0v) is 9.49. The number of carbonyl (C=O) groups is 1. The Morgan fingerprint density at radius 2 is 2.33 bits per heavy atom. The van der Waals surface area contributed by atoms with Gasteiger partial charge in [0.25, 0.3) is 5.91 Å². The summed E-state index contributed by atoms with van der Waals surface area (Å²) in [7, 11) is 0. The van der Waals surface area contributed by atoms with E-state index in [1.807, 2.05) is 6.07 Å². The number of nitrogens with zero attached hydrogens (tertiary/aromatic N) is 2. The van der Waals surface area contributed by atoms with Gasteiger partial charge in [0, 0.05) is 5.56 Å². The molecule has 0 bridgehead atoms. The number of aromatic amines is 1. The van der Waals surface area contributed by atoms with E-state index < -0.39 is 5.91 Å². The molecule has 18 heavy (non-hydrogen) atoms. The molecule has 0 radical (unpaired) electrons. The summed E-state index contributed by atoms with van der Waals surface area (Å²) in [6, 6.07) is 5.92. The fourth-order valence-corrected chi connectivity index (χ4v) is 1.44. The van der Waals surface area contributed by atoms with Crippen molar-refractivity contribution in [2.45, 2.75) is 6.92 Å². The summed E-state index contributed by atoms with van der Waals surface area (Å²) in [6.45, 7) is 1.57. The SMILES string of the molecule is Cc1cc(C(=O)Nc2[nH]ncc2C#N)ccc1F. The molecule has 1 aromatic heterocycles. The molecule has 2 N–H and O–H groups in total. The lowest BCUT2D eigenvalue weighted by Gasteiger charge is -2.04. The lowest BCUT2D eigenvalue weighted by molar-refractivity contribution is 0.102. The number of rotatable bonds is 2. The zero-order chi connectivity index (χ0) is 13.1. The van der Waals surface area contributed by atoms with Crippen LogP contribution in [-0.2, 0) is 0 Å². The molecular formula is C12H9FN4O. The van der Waals surface area contributed by atoms with Crippen molar-refractivity contribution >= 4 is 11.7 Å². The third-order valence-corrected chi connectivity index (χ3v) is 2.42. The number of aromatic nitrogens is 2. The summed E-state index contributed by atoms with van der Waals surface area (Å²) in [4.78, 5) is 11.9. The minimum absolute atomic E-state index is 0.226. The number of anilines is 1. The third-order valence-electron chi connectivity index (χ3n) is 2.42. The average molecular weight is 244 g/mol. The third kappa shape index (κ3) is 2.20. The first-order valence-corrected chi connectivity index (χ1v) is 5.13. The number of halogens is 1. The van der Waals surface area contributed by atoms with E-state index in [0.29, 0.717) is 11.1 Å². The fourth-order valence-electron chi connectivity index (χ4n) is 1.44. The summed E-state index contributed by atoms with van der Waals surface area (Å²) in [5.41, 5.74) is 0.933. The van der Waals surface area contributed by atoms with Crippen LogP contribution in [0.3, 0.4) is 0 Å². The second kappa shape index (κ2) is 4.67. The highest BCUT2D eigenvalue weighted by atomic mass is 19.1. The van der Waals surface area contributed by atoms with Crippen molar-refractivity contribution in [3.63, 3.8) is 0 Å². The van der Waals surface area contributed by atoms with Gasteiger partial charge in [0.15, 0.2) is 0 Å². The monoisotopic (exact) mass is 244 g/mol. The topological polar surface area (TPSA) is 81.6 Å². The molecule has 0 aliphatic carbocycles. The maximum atomic E-state index is 13.1. The number of nitriles is 1. The van der Waals surface area contributed by atoms with Crippen molar-refractivity contribution in [1.29, 1.82) is 5.26 Å². The van der Waals surface area contributed by atoms with Gasteiger partial charge in [0.1, 0.15) is 23.3 Å². The Balaban J connectivity index is 2.23. The number of nitrogens with one attached hydrogen (secondary N) is 2. The maximum Gasteiger partial charge on any atom is 0.256 e. The Morgan fingerprint density at radius 1 is 1.56 bits per heavy atom. The number of carbonyl (C=O) groups excluding carboxylic acids is 1. The molecule has 0 spiro atoms. The average Bonchev–Trinajstić information content (AvgIpc) is 2.79. The van der Waals surface area contributed by atoms with E-state index in [1.54, 1.807) is 6.92 Å². The van der Waals surface area contributed by atoms with Crippen molar-refractivity contribution in [3.05, 3.63) is 46.9 Å². The minimum atomic E-state index is -0.432. The van der Waals surface area contributed by atoms with Crippen LogP contribution in [0.15, 0.2) is 24.4 Å². The van der Waals surface area contributed by atoms with Gasteiger partial charge in [-0.3, -0.25) is 9.89 Å². The predicted octanol–water partition coefficient (Wildman–Crippen LogP) is 1.98. The Morgan fingerprint density at radius 3 is 3.00 bits per heavy atom. The molecule has 90 valence electrons. The van der Waals surface area contributed by atoms with Crippen molar-refractivity contribution in [1.82, 2.24) is 10.2 Å². The molecule has 0 fully saturated rings. The van der Waals surface area contributed by atoms with Crippen LogP contribution in [0, 0.1) is 24.1 Å². The molecule has 5 nitrogen and oxygen atoms in total. The van der Waals surface area contributed by atoms with Crippen LogP contribution < -0.4 is 5.32 Å². The Bertz CT molecular complexity index is 642. The van der Waals surface area contributed by atoms with Crippen molar-refractivity contribution in [2.24, 2.45) is 0 Å². The molecule has 0 aliphatic rings. The number of H-pyrrole nitrogens is 1. The van der Waals surface area contributed by atoms with Crippen molar-refractivity contribution in [2.75, 3.05) is 5.32 Å². The Labute approximate surface area is 102 Å². The first kappa shape index (κ1) is 11.8. The minimum Gasteiger partial charge on any atom is -0.306 e. The number of benzene rings is 1. The van der Waals surface area contributed by atoms with E-state index in [0.717, 1.165) is 0 Å². The van der Waals surface area contributed by atoms with Crippen LogP contribution in [-0.4, -0.2) is 16.1 Å². The van der Waals surface area contributed by atoms with E-state index in [1.165, 1.54) is 24.4 Å². The van der Waals surface area contributed by atoms with Gasteiger partial charge in [0.05, 0.1) is 6.20 Å². The largest absolute Gasteiger partial charge is 0.306 e. The highest BCUT2D eigenvalue weighted by Gasteiger charge is 2.11. The van der Waals surface area contributed by atoms with Gasteiger partial charge in [0.2, 0.25) is 0 Å². The molecule has 6 heteroatoms. The van der Waals surface area contributed by atoms with Crippen LogP contribution in [0.5, 0.6) is 0 Å². The van der Waals surface area contributed by atoms with Gasteiger partial charge in [-0.1, -0.05) is 0 Å². The van der Waals surface area contributed by atoms with Gasteiger partial charge < -0.3 is 5.32 Å². The predicted molar refractivity (Wildman–Crippen MR) is 62.4 cm³/mol. The van der Waals surface area contributed by atoms with Crippen LogP contribution >= 0.6 is 0 Å². The van der Waals surface area contributed by atoms with E-state index >= 15 is 0 Å². The van der Waals surface area contributed by atoms with Crippen LogP contribution in [0.25, 0.3) is 0 Å². The summed E-state index contributed by atoms with van der Waals surface area (Å²) in [6.07, 6.45) is 1.31. The quantitative estimate of drug-likeness (QED) is 0.847. The zero-order valence-electron chi connectivity index (χ0n) is 9.49. The molecule has 1 heterocycles.